The molecule has 0 aromatic rings. The predicted octanol–water partition coefficient (Wildman–Crippen LogP) is 1.66. The molecule has 0 bridgehead atoms. The van der Waals surface area contributed by atoms with Crippen molar-refractivity contribution in [2.24, 2.45) is 11.3 Å². The summed E-state index contributed by atoms with van der Waals surface area (Å²) in [5, 5.41) is 3.17. The van der Waals surface area contributed by atoms with E-state index >= 15 is 0 Å². The van der Waals surface area contributed by atoms with Crippen molar-refractivity contribution in [3.05, 3.63) is 0 Å². The summed E-state index contributed by atoms with van der Waals surface area (Å²) in [6, 6.07) is 0.450. The van der Waals surface area contributed by atoms with Gasteiger partial charge >= 0.3 is 0 Å². The molecule has 0 aromatic heterocycles. The summed E-state index contributed by atoms with van der Waals surface area (Å²) >= 11 is 0. The molecule has 2 aliphatic rings. The SMILES string of the molecule is CC(C)(C)C1CCCN1C(=O)C1CNC1.Cl. The minimum absolute atomic E-state index is 0. The van der Waals surface area contributed by atoms with Crippen molar-refractivity contribution in [1.29, 1.82) is 0 Å². The monoisotopic (exact) mass is 246 g/mol. The zero-order valence-corrected chi connectivity index (χ0v) is 11.3. The van der Waals surface area contributed by atoms with Crippen LogP contribution in [0.25, 0.3) is 0 Å². The summed E-state index contributed by atoms with van der Waals surface area (Å²) in [6.07, 6.45) is 2.35. The molecule has 1 unspecified atom stereocenters. The number of nitrogens with one attached hydrogen (secondary N) is 1. The van der Waals surface area contributed by atoms with Gasteiger partial charge in [-0.2, -0.15) is 0 Å². The largest absolute Gasteiger partial charge is 0.339 e. The van der Waals surface area contributed by atoms with Crippen LogP contribution in [0.4, 0.5) is 0 Å². The molecule has 1 amide bonds. The molecule has 2 saturated heterocycles. The Labute approximate surface area is 104 Å². The molecule has 0 aliphatic carbocycles. The van der Waals surface area contributed by atoms with Crippen molar-refractivity contribution in [1.82, 2.24) is 10.2 Å². The van der Waals surface area contributed by atoms with Crippen molar-refractivity contribution < 1.29 is 4.79 Å². The maximum absolute atomic E-state index is 12.2. The van der Waals surface area contributed by atoms with Gasteiger partial charge in [0, 0.05) is 25.7 Å². The van der Waals surface area contributed by atoms with Crippen LogP contribution in [-0.2, 0) is 4.79 Å². The molecular weight excluding hydrogens is 224 g/mol. The first-order valence-electron chi connectivity index (χ1n) is 6.01. The maximum Gasteiger partial charge on any atom is 0.228 e. The average molecular weight is 247 g/mol. The Morgan fingerprint density at radius 2 is 1.94 bits per heavy atom. The van der Waals surface area contributed by atoms with Crippen LogP contribution in [0.1, 0.15) is 33.6 Å². The highest BCUT2D eigenvalue weighted by molar-refractivity contribution is 5.85. The first-order valence-corrected chi connectivity index (χ1v) is 6.01. The molecule has 0 aromatic carbocycles. The normalized spacial score (nSPS) is 26.2. The van der Waals surface area contributed by atoms with Crippen molar-refractivity contribution in [3.63, 3.8) is 0 Å². The predicted molar refractivity (Wildman–Crippen MR) is 67.8 cm³/mol. The van der Waals surface area contributed by atoms with Gasteiger partial charge in [-0.05, 0) is 18.3 Å². The molecule has 2 rings (SSSR count). The van der Waals surface area contributed by atoms with Crippen LogP contribution in [0.3, 0.4) is 0 Å². The second kappa shape index (κ2) is 4.92. The summed E-state index contributed by atoms with van der Waals surface area (Å²) in [7, 11) is 0. The summed E-state index contributed by atoms with van der Waals surface area (Å²) in [6.45, 7) is 9.45. The second-order valence-electron chi connectivity index (χ2n) is 5.91. The number of likely N-dealkylation sites (tertiary alicyclic amines) is 1. The van der Waals surface area contributed by atoms with Gasteiger partial charge in [0.25, 0.3) is 0 Å². The van der Waals surface area contributed by atoms with Crippen molar-refractivity contribution in [3.8, 4) is 0 Å². The third-order valence-corrected chi connectivity index (χ3v) is 3.67. The maximum atomic E-state index is 12.2. The zero-order valence-electron chi connectivity index (χ0n) is 10.5. The van der Waals surface area contributed by atoms with E-state index in [0.717, 1.165) is 19.6 Å². The van der Waals surface area contributed by atoms with E-state index in [9.17, 15) is 4.79 Å². The fourth-order valence-electron chi connectivity index (χ4n) is 2.63. The lowest BCUT2D eigenvalue weighted by Gasteiger charge is -2.39. The van der Waals surface area contributed by atoms with Gasteiger partial charge < -0.3 is 10.2 Å². The first-order chi connectivity index (χ1) is 7.00. The highest BCUT2D eigenvalue weighted by Crippen LogP contribution is 2.33. The van der Waals surface area contributed by atoms with Gasteiger partial charge in [-0.25, -0.2) is 0 Å². The number of hydrogen-bond donors (Lipinski definition) is 1. The lowest BCUT2D eigenvalue weighted by Crippen LogP contribution is -2.54. The van der Waals surface area contributed by atoms with Crippen LogP contribution in [-0.4, -0.2) is 36.5 Å². The average Bonchev–Trinajstić information content (AvgIpc) is 2.45. The Morgan fingerprint density at radius 1 is 1.31 bits per heavy atom. The van der Waals surface area contributed by atoms with Gasteiger partial charge in [0.15, 0.2) is 0 Å². The molecule has 2 heterocycles. The Balaban J connectivity index is 0.00000128. The van der Waals surface area contributed by atoms with Crippen LogP contribution in [0, 0.1) is 11.3 Å². The number of carbonyl (C=O) groups is 1. The summed E-state index contributed by atoms with van der Waals surface area (Å²) in [4.78, 5) is 14.3. The zero-order chi connectivity index (χ0) is 11.1. The number of amides is 1. The van der Waals surface area contributed by atoms with Crippen molar-refractivity contribution in [2.45, 2.75) is 39.7 Å². The van der Waals surface area contributed by atoms with E-state index in [1.807, 2.05) is 0 Å². The van der Waals surface area contributed by atoms with E-state index in [4.69, 9.17) is 0 Å². The minimum atomic E-state index is 0. The standard InChI is InChI=1S/C12H22N2O.ClH/c1-12(2,3)10-5-4-6-14(10)11(15)9-7-13-8-9;/h9-10,13H,4-8H2,1-3H3;1H. The Bertz CT molecular complexity index is 258. The lowest BCUT2D eigenvalue weighted by atomic mass is 9.84. The smallest absolute Gasteiger partial charge is 0.228 e. The molecule has 0 radical (unpaired) electrons. The molecule has 1 atom stereocenters. The fourth-order valence-corrected chi connectivity index (χ4v) is 2.63. The van der Waals surface area contributed by atoms with E-state index in [-0.39, 0.29) is 23.7 Å². The molecule has 0 saturated carbocycles. The third kappa shape index (κ3) is 2.51. The van der Waals surface area contributed by atoms with E-state index in [1.54, 1.807) is 0 Å². The number of hydrogen-bond acceptors (Lipinski definition) is 2. The van der Waals surface area contributed by atoms with Gasteiger partial charge in [0.1, 0.15) is 0 Å². The second-order valence-corrected chi connectivity index (χ2v) is 5.91. The topological polar surface area (TPSA) is 32.3 Å². The van der Waals surface area contributed by atoms with Gasteiger partial charge in [0.05, 0.1) is 5.92 Å². The molecule has 3 nitrogen and oxygen atoms in total. The Hall–Kier alpha value is -0.280. The summed E-state index contributed by atoms with van der Waals surface area (Å²) < 4.78 is 0. The van der Waals surface area contributed by atoms with Gasteiger partial charge in [-0.1, -0.05) is 20.8 Å². The molecule has 1 N–H and O–H groups in total. The van der Waals surface area contributed by atoms with Crippen molar-refractivity contribution >= 4 is 18.3 Å². The van der Waals surface area contributed by atoms with Gasteiger partial charge in [-0.15, -0.1) is 12.4 Å². The Kier molecular flexibility index (Phi) is 4.24. The fraction of sp³-hybridized carbons (Fsp3) is 0.917. The number of carbonyl (C=O) groups excluding carboxylic acids is 1. The molecule has 94 valence electrons. The van der Waals surface area contributed by atoms with E-state index in [1.165, 1.54) is 12.8 Å². The summed E-state index contributed by atoms with van der Waals surface area (Å²) in [5.74, 6) is 0.638. The first kappa shape index (κ1) is 13.8. The number of nitrogens with zero attached hydrogens (tertiary/aromatic N) is 1. The molecule has 16 heavy (non-hydrogen) atoms. The van der Waals surface area contributed by atoms with Crippen LogP contribution in [0.5, 0.6) is 0 Å². The Morgan fingerprint density at radius 3 is 2.38 bits per heavy atom. The van der Waals surface area contributed by atoms with Crippen LogP contribution in [0.15, 0.2) is 0 Å². The molecule has 2 aliphatic heterocycles. The molecule has 4 heteroatoms. The molecule has 0 spiro atoms. The quantitative estimate of drug-likeness (QED) is 0.763. The number of rotatable bonds is 1. The third-order valence-electron chi connectivity index (χ3n) is 3.67. The van der Waals surface area contributed by atoms with E-state index < -0.39 is 0 Å². The van der Waals surface area contributed by atoms with Crippen LogP contribution < -0.4 is 5.32 Å². The highest BCUT2D eigenvalue weighted by atomic mass is 35.5. The molecular formula is C12H23ClN2O. The van der Waals surface area contributed by atoms with Crippen LogP contribution in [0.2, 0.25) is 0 Å². The van der Waals surface area contributed by atoms with E-state index in [2.05, 4.69) is 31.0 Å². The van der Waals surface area contributed by atoms with Crippen molar-refractivity contribution in [2.75, 3.05) is 19.6 Å². The number of halogens is 1. The molecule has 2 fully saturated rings. The summed E-state index contributed by atoms with van der Waals surface area (Å²) in [5.41, 5.74) is 0.226. The van der Waals surface area contributed by atoms with Crippen LogP contribution >= 0.6 is 12.4 Å². The van der Waals surface area contributed by atoms with Gasteiger partial charge in [0.2, 0.25) is 5.91 Å². The van der Waals surface area contributed by atoms with Gasteiger partial charge in [-0.3, -0.25) is 4.79 Å². The van der Waals surface area contributed by atoms with E-state index in [0.29, 0.717) is 11.9 Å². The highest BCUT2D eigenvalue weighted by Gasteiger charge is 2.40. The lowest BCUT2D eigenvalue weighted by molar-refractivity contribution is -0.139. The minimum Gasteiger partial charge on any atom is -0.339 e.